The standard InChI is InChI=1S/C14H18N4O/c15-8-10-4-1-2-6-12(10)14-17-13(18-19-14)11-5-3-7-16-9-11/h3,5,7,9-10,12H,1-2,4,6,8,15H2. The highest BCUT2D eigenvalue weighted by atomic mass is 16.5. The van der Waals surface area contributed by atoms with Gasteiger partial charge in [-0.3, -0.25) is 4.98 Å². The predicted molar refractivity (Wildman–Crippen MR) is 71.3 cm³/mol. The van der Waals surface area contributed by atoms with Crippen molar-refractivity contribution in [1.82, 2.24) is 15.1 Å². The van der Waals surface area contributed by atoms with E-state index in [4.69, 9.17) is 10.3 Å². The van der Waals surface area contributed by atoms with Crippen molar-refractivity contribution in [2.75, 3.05) is 6.54 Å². The maximum absolute atomic E-state index is 5.85. The van der Waals surface area contributed by atoms with E-state index in [0.717, 1.165) is 24.3 Å². The zero-order valence-electron chi connectivity index (χ0n) is 10.8. The minimum Gasteiger partial charge on any atom is -0.339 e. The van der Waals surface area contributed by atoms with E-state index >= 15 is 0 Å². The summed E-state index contributed by atoms with van der Waals surface area (Å²) in [7, 11) is 0. The molecule has 2 heterocycles. The smallest absolute Gasteiger partial charge is 0.230 e. The summed E-state index contributed by atoms with van der Waals surface area (Å²) >= 11 is 0. The Balaban J connectivity index is 1.84. The molecule has 2 atom stereocenters. The van der Waals surface area contributed by atoms with E-state index in [2.05, 4.69) is 15.1 Å². The van der Waals surface area contributed by atoms with Gasteiger partial charge in [0, 0.05) is 23.9 Å². The first-order valence-corrected chi connectivity index (χ1v) is 6.82. The van der Waals surface area contributed by atoms with Gasteiger partial charge in [0.15, 0.2) is 0 Å². The Labute approximate surface area is 112 Å². The fraction of sp³-hybridized carbons (Fsp3) is 0.500. The molecule has 2 N–H and O–H groups in total. The molecule has 0 saturated heterocycles. The van der Waals surface area contributed by atoms with Crippen molar-refractivity contribution in [3.05, 3.63) is 30.4 Å². The van der Waals surface area contributed by atoms with Gasteiger partial charge in [0.1, 0.15) is 0 Å². The number of nitrogens with zero attached hydrogens (tertiary/aromatic N) is 3. The van der Waals surface area contributed by atoms with Crippen LogP contribution >= 0.6 is 0 Å². The van der Waals surface area contributed by atoms with Crippen molar-refractivity contribution in [3.63, 3.8) is 0 Å². The van der Waals surface area contributed by atoms with Crippen LogP contribution < -0.4 is 5.73 Å². The molecule has 5 nitrogen and oxygen atoms in total. The van der Waals surface area contributed by atoms with Crippen LogP contribution in [-0.2, 0) is 0 Å². The third kappa shape index (κ3) is 2.51. The Hall–Kier alpha value is -1.75. The molecule has 1 fully saturated rings. The highest BCUT2D eigenvalue weighted by Gasteiger charge is 2.30. The molecule has 1 aliphatic carbocycles. The van der Waals surface area contributed by atoms with E-state index in [9.17, 15) is 0 Å². The van der Waals surface area contributed by atoms with Crippen LogP contribution in [0.25, 0.3) is 11.4 Å². The fourth-order valence-electron chi connectivity index (χ4n) is 2.81. The summed E-state index contributed by atoms with van der Waals surface area (Å²) in [5.41, 5.74) is 6.74. The molecule has 5 heteroatoms. The second-order valence-electron chi connectivity index (χ2n) is 5.08. The summed E-state index contributed by atoms with van der Waals surface area (Å²) in [6, 6.07) is 3.80. The van der Waals surface area contributed by atoms with Gasteiger partial charge in [0.25, 0.3) is 0 Å². The summed E-state index contributed by atoms with van der Waals surface area (Å²) in [6.07, 6.45) is 8.20. The number of pyridine rings is 1. The highest BCUT2D eigenvalue weighted by molar-refractivity contribution is 5.51. The molecule has 2 unspecified atom stereocenters. The van der Waals surface area contributed by atoms with Crippen LogP contribution in [0.3, 0.4) is 0 Å². The third-order valence-electron chi connectivity index (χ3n) is 3.89. The lowest BCUT2D eigenvalue weighted by molar-refractivity contribution is 0.249. The van der Waals surface area contributed by atoms with Crippen LogP contribution in [0.4, 0.5) is 0 Å². The van der Waals surface area contributed by atoms with Gasteiger partial charge in [-0.25, -0.2) is 0 Å². The van der Waals surface area contributed by atoms with Crippen LogP contribution in [0.1, 0.15) is 37.5 Å². The predicted octanol–water partition coefficient (Wildman–Crippen LogP) is 2.36. The topological polar surface area (TPSA) is 77.8 Å². The van der Waals surface area contributed by atoms with Crippen molar-refractivity contribution in [2.45, 2.75) is 31.6 Å². The van der Waals surface area contributed by atoms with Gasteiger partial charge in [0.05, 0.1) is 0 Å². The van der Waals surface area contributed by atoms with Gasteiger partial charge in [-0.15, -0.1) is 0 Å². The second-order valence-corrected chi connectivity index (χ2v) is 5.08. The average molecular weight is 258 g/mol. The van der Waals surface area contributed by atoms with Crippen LogP contribution in [0.15, 0.2) is 29.0 Å². The molecule has 2 aromatic rings. The molecular weight excluding hydrogens is 240 g/mol. The van der Waals surface area contributed by atoms with Gasteiger partial charge in [0.2, 0.25) is 11.7 Å². The molecule has 0 spiro atoms. The number of nitrogens with two attached hydrogens (primary N) is 1. The maximum atomic E-state index is 5.85. The maximum Gasteiger partial charge on any atom is 0.230 e. The molecule has 2 aromatic heterocycles. The van der Waals surface area contributed by atoms with Crippen LogP contribution in [0.5, 0.6) is 0 Å². The van der Waals surface area contributed by atoms with E-state index in [1.807, 2.05) is 12.1 Å². The van der Waals surface area contributed by atoms with Gasteiger partial charge in [-0.05, 0) is 37.4 Å². The quantitative estimate of drug-likeness (QED) is 0.914. The second kappa shape index (κ2) is 5.48. The highest BCUT2D eigenvalue weighted by Crippen LogP contribution is 2.36. The molecule has 0 bridgehead atoms. The summed E-state index contributed by atoms with van der Waals surface area (Å²) in [4.78, 5) is 8.60. The van der Waals surface area contributed by atoms with Gasteiger partial charge < -0.3 is 10.3 Å². The van der Waals surface area contributed by atoms with E-state index in [-0.39, 0.29) is 0 Å². The van der Waals surface area contributed by atoms with E-state index in [1.165, 1.54) is 12.8 Å². The van der Waals surface area contributed by atoms with Crippen molar-refractivity contribution in [2.24, 2.45) is 11.7 Å². The van der Waals surface area contributed by atoms with Crippen molar-refractivity contribution in [3.8, 4) is 11.4 Å². The Morgan fingerprint density at radius 2 is 2.21 bits per heavy atom. The summed E-state index contributed by atoms with van der Waals surface area (Å²) in [5, 5.41) is 4.06. The molecule has 19 heavy (non-hydrogen) atoms. The summed E-state index contributed by atoms with van der Waals surface area (Å²) in [5.74, 6) is 2.13. The number of aromatic nitrogens is 3. The first-order valence-electron chi connectivity index (χ1n) is 6.82. The average Bonchev–Trinajstić information content (AvgIpc) is 2.98. The van der Waals surface area contributed by atoms with Crippen LogP contribution in [0, 0.1) is 5.92 Å². The molecule has 1 aliphatic rings. The number of hydrogen-bond acceptors (Lipinski definition) is 5. The molecule has 0 radical (unpaired) electrons. The zero-order chi connectivity index (χ0) is 13.1. The molecular formula is C14H18N4O. The summed E-state index contributed by atoms with van der Waals surface area (Å²) in [6.45, 7) is 0.690. The number of rotatable bonds is 3. The summed E-state index contributed by atoms with van der Waals surface area (Å²) < 4.78 is 5.45. The molecule has 100 valence electrons. The molecule has 0 aliphatic heterocycles. The Bertz CT molecular complexity index is 525. The Morgan fingerprint density at radius 3 is 3.00 bits per heavy atom. The SMILES string of the molecule is NCC1CCCCC1c1nc(-c2cccnc2)no1. The molecule has 3 rings (SSSR count). The first kappa shape index (κ1) is 12.3. The van der Waals surface area contributed by atoms with E-state index in [0.29, 0.717) is 24.2 Å². The Kier molecular flexibility index (Phi) is 3.55. The fourth-order valence-corrected chi connectivity index (χ4v) is 2.81. The molecule has 0 amide bonds. The lowest BCUT2D eigenvalue weighted by atomic mass is 9.79. The van der Waals surface area contributed by atoms with Gasteiger partial charge >= 0.3 is 0 Å². The first-order chi connectivity index (χ1) is 9.38. The van der Waals surface area contributed by atoms with Gasteiger partial charge in [-0.2, -0.15) is 4.98 Å². The lowest BCUT2D eigenvalue weighted by Crippen LogP contribution is -2.25. The van der Waals surface area contributed by atoms with E-state index in [1.54, 1.807) is 12.4 Å². The minimum absolute atomic E-state index is 0.316. The lowest BCUT2D eigenvalue weighted by Gasteiger charge is -2.27. The number of hydrogen-bond donors (Lipinski definition) is 1. The van der Waals surface area contributed by atoms with Crippen molar-refractivity contribution < 1.29 is 4.52 Å². The normalized spacial score (nSPS) is 23.4. The largest absolute Gasteiger partial charge is 0.339 e. The minimum atomic E-state index is 0.316. The van der Waals surface area contributed by atoms with Crippen LogP contribution in [0.2, 0.25) is 0 Å². The van der Waals surface area contributed by atoms with Crippen molar-refractivity contribution >= 4 is 0 Å². The molecule has 0 aromatic carbocycles. The monoisotopic (exact) mass is 258 g/mol. The molecule has 1 saturated carbocycles. The zero-order valence-corrected chi connectivity index (χ0v) is 10.8. The Morgan fingerprint density at radius 1 is 1.32 bits per heavy atom. The van der Waals surface area contributed by atoms with E-state index < -0.39 is 0 Å². The third-order valence-corrected chi connectivity index (χ3v) is 3.89. The van der Waals surface area contributed by atoms with Crippen LogP contribution in [-0.4, -0.2) is 21.7 Å². The van der Waals surface area contributed by atoms with Crippen molar-refractivity contribution in [1.29, 1.82) is 0 Å². The van der Waals surface area contributed by atoms with Gasteiger partial charge in [-0.1, -0.05) is 18.0 Å².